The molecule has 1 fully saturated rings. The molecule has 0 radical (unpaired) electrons. The van der Waals surface area contributed by atoms with E-state index in [2.05, 4.69) is 102 Å². The van der Waals surface area contributed by atoms with Crippen LogP contribution in [0, 0.1) is 17.8 Å². The summed E-state index contributed by atoms with van der Waals surface area (Å²) >= 11 is 0. The van der Waals surface area contributed by atoms with Crippen molar-refractivity contribution < 1.29 is 42.8 Å². The molecule has 3 atom stereocenters. The predicted octanol–water partition coefficient (Wildman–Crippen LogP) is 13.4. The third kappa shape index (κ3) is 40.6. The molecule has 1 aliphatic heterocycles. The number of carbonyl (C=O) groups excluding carboxylic acids is 3. The summed E-state index contributed by atoms with van der Waals surface area (Å²) in [5, 5.41) is 0. The largest absolute Gasteiger partial charge is 0.508 e. The fourth-order valence-corrected chi connectivity index (χ4v) is 7.54. The number of hydrogen-bond donors (Lipinski definition) is 0. The highest BCUT2D eigenvalue weighted by atomic mass is 16.7. The predicted molar refractivity (Wildman–Crippen MR) is 275 cm³/mol. The lowest BCUT2D eigenvalue weighted by Gasteiger charge is -2.32. The Morgan fingerprint density at radius 1 is 0.537 bits per heavy atom. The third-order valence-corrected chi connectivity index (χ3v) is 12.3. The van der Waals surface area contributed by atoms with Crippen LogP contribution in [0.1, 0.15) is 190 Å². The van der Waals surface area contributed by atoms with Crippen LogP contribution < -0.4 is 0 Å². The molecule has 67 heavy (non-hydrogen) atoms. The van der Waals surface area contributed by atoms with Crippen LogP contribution in [0.5, 0.6) is 0 Å². The van der Waals surface area contributed by atoms with Crippen molar-refractivity contribution in [3.63, 3.8) is 0 Å². The lowest BCUT2D eigenvalue weighted by Crippen LogP contribution is -2.44. The van der Waals surface area contributed by atoms with E-state index >= 15 is 0 Å². The van der Waals surface area contributed by atoms with E-state index in [0.29, 0.717) is 37.9 Å². The molecule has 0 saturated carbocycles. The average molecular weight is 945 g/mol. The third-order valence-electron chi connectivity index (χ3n) is 12.3. The summed E-state index contributed by atoms with van der Waals surface area (Å²) in [7, 11) is 2.14. The van der Waals surface area contributed by atoms with E-state index in [4.69, 9.17) is 28.4 Å². The summed E-state index contributed by atoms with van der Waals surface area (Å²) in [6.45, 7) is 21.6. The zero-order chi connectivity index (χ0) is 49.2. The van der Waals surface area contributed by atoms with Crippen LogP contribution in [-0.4, -0.2) is 114 Å². The normalized spacial score (nSPS) is 15.3. The van der Waals surface area contributed by atoms with Gasteiger partial charge in [-0.15, -0.1) is 0 Å². The average Bonchev–Trinajstić information content (AvgIpc) is 3.29. The Bertz CT molecular complexity index is 1310. The standard InChI is InChI=1S/C56H100N2O9/c1-9-10-11-12-13-14-15-16-17-18-19-20-21-22-23-32-53(59)65-45-52(47-67-56(61)64-42-25-24-37-58-40-38-57(8)39-41-58)46-66-54(60)33-34-55(62-43-35-50(6)30-26-28-48(2)3)63-44-36-51(7)31-27-29-49(4)5/h13-14,16-17,28-29,50-52,55H,9-12,15,18-27,30-47H2,1-8H3/b14-13-,17-16-. The van der Waals surface area contributed by atoms with Crippen molar-refractivity contribution >= 4 is 18.1 Å². The van der Waals surface area contributed by atoms with Crippen molar-refractivity contribution in [3.05, 3.63) is 47.6 Å². The molecular formula is C56H100N2O9. The van der Waals surface area contributed by atoms with Crippen molar-refractivity contribution in [3.8, 4) is 0 Å². The Labute approximate surface area is 410 Å². The highest BCUT2D eigenvalue weighted by molar-refractivity contribution is 5.69. The maximum absolute atomic E-state index is 13.1. The van der Waals surface area contributed by atoms with Gasteiger partial charge in [0, 0.05) is 52.2 Å². The molecule has 0 aromatic carbocycles. The number of hydrogen-bond acceptors (Lipinski definition) is 11. The molecule has 0 bridgehead atoms. The van der Waals surface area contributed by atoms with Crippen LogP contribution >= 0.6 is 0 Å². The van der Waals surface area contributed by atoms with E-state index < -0.39 is 24.3 Å². The van der Waals surface area contributed by atoms with Crippen molar-refractivity contribution in [2.75, 3.05) is 79.4 Å². The van der Waals surface area contributed by atoms with Gasteiger partial charge in [0.05, 0.1) is 18.9 Å². The maximum Gasteiger partial charge on any atom is 0.508 e. The van der Waals surface area contributed by atoms with E-state index in [1.807, 2.05) is 0 Å². The van der Waals surface area contributed by atoms with Crippen molar-refractivity contribution in [2.24, 2.45) is 17.8 Å². The molecule has 1 heterocycles. The van der Waals surface area contributed by atoms with Crippen molar-refractivity contribution in [1.29, 1.82) is 0 Å². The van der Waals surface area contributed by atoms with Crippen LogP contribution in [0.3, 0.4) is 0 Å². The van der Waals surface area contributed by atoms with Gasteiger partial charge in [-0.1, -0.05) is 100 Å². The van der Waals surface area contributed by atoms with Gasteiger partial charge in [0.1, 0.15) is 19.8 Å². The summed E-state index contributed by atoms with van der Waals surface area (Å²) in [5.74, 6) is -0.235. The van der Waals surface area contributed by atoms with Crippen LogP contribution in [0.2, 0.25) is 0 Å². The highest BCUT2D eigenvalue weighted by Gasteiger charge is 2.20. The van der Waals surface area contributed by atoms with Gasteiger partial charge in [0.2, 0.25) is 0 Å². The minimum absolute atomic E-state index is 0.0306. The zero-order valence-corrected chi connectivity index (χ0v) is 44.2. The Morgan fingerprint density at radius 3 is 1.66 bits per heavy atom. The number of unbranched alkanes of at least 4 members (excludes halogenated alkanes) is 9. The van der Waals surface area contributed by atoms with E-state index in [1.165, 1.54) is 36.8 Å². The summed E-state index contributed by atoms with van der Waals surface area (Å²) < 4.78 is 34.6. The van der Waals surface area contributed by atoms with Gasteiger partial charge in [-0.3, -0.25) is 9.59 Å². The molecular weight excluding hydrogens is 845 g/mol. The summed E-state index contributed by atoms with van der Waals surface area (Å²) in [6, 6.07) is 0. The molecule has 1 aliphatic rings. The molecule has 3 unspecified atom stereocenters. The Balaban J connectivity index is 2.64. The fraction of sp³-hybridized carbons (Fsp3) is 0.804. The Morgan fingerprint density at radius 2 is 1.07 bits per heavy atom. The van der Waals surface area contributed by atoms with Crippen LogP contribution in [0.15, 0.2) is 47.6 Å². The van der Waals surface area contributed by atoms with Gasteiger partial charge < -0.3 is 38.2 Å². The fourth-order valence-electron chi connectivity index (χ4n) is 7.54. The number of nitrogens with zero attached hydrogens (tertiary/aromatic N) is 2. The number of esters is 2. The smallest absolute Gasteiger partial charge is 0.465 e. The van der Waals surface area contributed by atoms with Gasteiger partial charge in [0.25, 0.3) is 0 Å². The van der Waals surface area contributed by atoms with E-state index in [0.717, 1.165) is 129 Å². The Hall–Kier alpha value is -2.99. The van der Waals surface area contributed by atoms with Crippen LogP contribution in [-0.2, 0) is 38.0 Å². The van der Waals surface area contributed by atoms with E-state index in [-0.39, 0.29) is 38.8 Å². The molecule has 0 aromatic heterocycles. The number of carbonyl (C=O) groups is 3. The van der Waals surface area contributed by atoms with Crippen LogP contribution in [0.4, 0.5) is 4.79 Å². The minimum Gasteiger partial charge on any atom is -0.465 e. The number of allylic oxidation sites excluding steroid dienone is 8. The Kier molecular flexibility index (Phi) is 39.9. The van der Waals surface area contributed by atoms with Gasteiger partial charge in [0.15, 0.2) is 6.29 Å². The van der Waals surface area contributed by atoms with Crippen molar-refractivity contribution in [2.45, 2.75) is 196 Å². The molecule has 0 N–H and O–H groups in total. The molecule has 0 aliphatic carbocycles. The van der Waals surface area contributed by atoms with Gasteiger partial charge in [-0.05, 0) is 143 Å². The quantitative estimate of drug-likeness (QED) is 0.0192. The van der Waals surface area contributed by atoms with Crippen LogP contribution in [0.25, 0.3) is 0 Å². The first-order valence-corrected chi connectivity index (χ1v) is 26.7. The number of likely N-dealkylation sites (N-methyl/N-ethyl adjacent to an activating group) is 1. The van der Waals surface area contributed by atoms with E-state index in [9.17, 15) is 14.4 Å². The minimum atomic E-state index is -0.776. The second kappa shape index (κ2) is 43.1. The summed E-state index contributed by atoms with van der Waals surface area (Å²) in [4.78, 5) is 43.2. The first-order valence-electron chi connectivity index (χ1n) is 26.7. The molecule has 0 amide bonds. The first-order chi connectivity index (χ1) is 32.4. The molecule has 0 aromatic rings. The molecule has 11 nitrogen and oxygen atoms in total. The molecule has 0 spiro atoms. The first kappa shape index (κ1) is 62.0. The molecule has 1 rings (SSSR count). The SMILES string of the molecule is CCCCC/C=C\C/C=C\CCCCCCCC(=O)OCC(COC(=O)CCC(OCCC(C)CCC=C(C)C)OCCC(C)CCC=C(C)C)COC(=O)OCCCCN1CCN(C)CC1. The molecule has 1 saturated heterocycles. The monoisotopic (exact) mass is 945 g/mol. The number of ether oxygens (including phenoxy) is 6. The van der Waals surface area contributed by atoms with Gasteiger partial charge in [-0.25, -0.2) is 4.79 Å². The summed E-state index contributed by atoms with van der Waals surface area (Å²) in [5.41, 5.74) is 2.67. The molecule has 388 valence electrons. The second-order valence-electron chi connectivity index (χ2n) is 19.7. The maximum atomic E-state index is 13.1. The lowest BCUT2D eigenvalue weighted by atomic mass is 10.0. The van der Waals surface area contributed by atoms with Gasteiger partial charge in [-0.2, -0.15) is 0 Å². The number of rotatable bonds is 42. The number of piperazine rings is 1. The lowest BCUT2D eigenvalue weighted by molar-refractivity contribution is -0.162. The highest BCUT2D eigenvalue weighted by Crippen LogP contribution is 2.17. The van der Waals surface area contributed by atoms with Crippen molar-refractivity contribution in [1.82, 2.24) is 9.80 Å². The molecule has 11 heteroatoms. The zero-order valence-electron chi connectivity index (χ0n) is 44.2. The summed E-state index contributed by atoms with van der Waals surface area (Å²) in [6.07, 6.45) is 33.1. The van der Waals surface area contributed by atoms with E-state index in [1.54, 1.807) is 0 Å². The second-order valence-corrected chi connectivity index (χ2v) is 19.7. The topological polar surface area (TPSA) is 113 Å². The van der Waals surface area contributed by atoms with Gasteiger partial charge >= 0.3 is 18.1 Å².